The summed E-state index contributed by atoms with van der Waals surface area (Å²) in [5.74, 6) is 1.28. The van der Waals surface area contributed by atoms with E-state index in [1.165, 1.54) is 23.9 Å². The van der Waals surface area contributed by atoms with Crippen LogP contribution in [0.5, 0.6) is 0 Å². The number of hydrogen-bond acceptors (Lipinski definition) is 6. The van der Waals surface area contributed by atoms with Crippen LogP contribution < -0.4 is 0 Å². The second-order valence-corrected chi connectivity index (χ2v) is 8.39. The highest BCUT2D eigenvalue weighted by atomic mass is 32.2. The van der Waals surface area contributed by atoms with Crippen LogP contribution >= 0.6 is 11.8 Å². The third-order valence-electron chi connectivity index (χ3n) is 5.36. The molecule has 0 radical (unpaired) electrons. The number of morpholine rings is 1. The second-order valence-electron chi connectivity index (χ2n) is 7.45. The van der Waals surface area contributed by atoms with Gasteiger partial charge >= 0.3 is 0 Å². The van der Waals surface area contributed by atoms with Crippen molar-refractivity contribution in [1.82, 2.24) is 19.7 Å². The van der Waals surface area contributed by atoms with E-state index in [-0.39, 0.29) is 11.7 Å². The van der Waals surface area contributed by atoms with Crippen molar-refractivity contribution in [3.63, 3.8) is 0 Å². The Kier molecular flexibility index (Phi) is 6.23. The average molecular weight is 465 g/mol. The van der Waals surface area contributed by atoms with E-state index in [4.69, 9.17) is 9.15 Å². The maximum atomic E-state index is 13.5. The van der Waals surface area contributed by atoms with Crippen LogP contribution in [-0.4, -0.2) is 51.9 Å². The second kappa shape index (κ2) is 9.60. The number of halogens is 1. The molecular weight excluding hydrogens is 443 g/mol. The predicted octanol–water partition coefficient (Wildman–Crippen LogP) is 4.43. The number of hydrogen-bond donors (Lipinski definition) is 0. The normalized spacial score (nSPS) is 13.9. The zero-order chi connectivity index (χ0) is 22.6. The molecule has 0 bridgehead atoms. The molecule has 1 fully saturated rings. The summed E-state index contributed by atoms with van der Waals surface area (Å²) < 4.78 is 26.3. The lowest BCUT2D eigenvalue weighted by atomic mass is 10.1. The van der Waals surface area contributed by atoms with Gasteiger partial charge in [-0.05, 0) is 48.0 Å². The predicted molar refractivity (Wildman–Crippen MR) is 122 cm³/mol. The van der Waals surface area contributed by atoms with Crippen LogP contribution in [0.2, 0.25) is 0 Å². The van der Waals surface area contributed by atoms with Crippen LogP contribution in [0.1, 0.15) is 15.9 Å². The number of ether oxygens (including phenoxy) is 1. The van der Waals surface area contributed by atoms with Gasteiger partial charge in [-0.25, -0.2) is 4.39 Å². The van der Waals surface area contributed by atoms with Crippen molar-refractivity contribution in [2.45, 2.75) is 10.9 Å². The molecule has 0 N–H and O–H groups in total. The van der Waals surface area contributed by atoms with Crippen LogP contribution in [0.3, 0.4) is 0 Å². The van der Waals surface area contributed by atoms with E-state index >= 15 is 0 Å². The fraction of sp³-hybridized carbons (Fsp3) is 0.208. The standard InChI is InChI=1S/C24H21FN4O3S/c25-18-7-9-19(10-8-18)29-22(21-6-3-13-32-21)26-27-24(29)33-16-17-4-1-2-5-20(17)23(30)28-11-14-31-15-12-28/h1-10,13H,11-12,14-16H2. The first-order valence-corrected chi connectivity index (χ1v) is 11.5. The first kappa shape index (κ1) is 21.4. The molecule has 7 nitrogen and oxygen atoms in total. The average Bonchev–Trinajstić information content (AvgIpc) is 3.54. The van der Waals surface area contributed by atoms with Gasteiger partial charge in [0.25, 0.3) is 5.91 Å². The Hall–Kier alpha value is -3.43. The van der Waals surface area contributed by atoms with Crippen LogP contribution in [0.25, 0.3) is 17.3 Å². The molecule has 2 aromatic heterocycles. The van der Waals surface area contributed by atoms with Gasteiger partial charge in [0.15, 0.2) is 10.9 Å². The lowest BCUT2D eigenvalue weighted by Crippen LogP contribution is -2.41. The topological polar surface area (TPSA) is 73.4 Å². The smallest absolute Gasteiger partial charge is 0.254 e. The summed E-state index contributed by atoms with van der Waals surface area (Å²) >= 11 is 1.45. The molecule has 1 saturated heterocycles. The van der Waals surface area contributed by atoms with Crippen molar-refractivity contribution in [1.29, 1.82) is 0 Å². The Balaban J connectivity index is 1.44. The molecule has 0 unspecified atom stereocenters. The van der Waals surface area contributed by atoms with Crippen molar-refractivity contribution >= 4 is 17.7 Å². The number of carbonyl (C=O) groups is 1. The molecule has 2 aromatic carbocycles. The minimum Gasteiger partial charge on any atom is -0.461 e. The highest BCUT2D eigenvalue weighted by molar-refractivity contribution is 7.98. The first-order chi connectivity index (χ1) is 16.2. The molecule has 168 valence electrons. The van der Waals surface area contributed by atoms with Crippen LogP contribution in [0, 0.1) is 5.82 Å². The van der Waals surface area contributed by atoms with Crippen molar-refractivity contribution in [2.24, 2.45) is 0 Å². The van der Waals surface area contributed by atoms with E-state index in [1.54, 1.807) is 30.5 Å². The van der Waals surface area contributed by atoms with Gasteiger partial charge in [0.1, 0.15) is 5.82 Å². The molecule has 4 aromatic rings. The summed E-state index contributed by atoms with van der Waals surface area (Å²) in [6, 6.07) is 17.3. The summed E-state index contributed by atoms with van der Waals surface area (Å²) in [6.45, 7) is 2.29. The number of aromatic nitrogens is 3. The van der Waals surface area contributed by atoms with E-state index in [0.717, 1.165) is 5.56 Å². The number of thioether (sulfide) groups is 1. The van der Waals surface area contributed by atoms with Gasteiger partial charge < -0.3 is 14.1 Å². The fourth-order valence-corrected chi connectivity index (χ4v) is 4.64. The monoisotopic (exact) mass is 464 g/mol. The molecule has 33 heavy (non-hydrogen) atoms. The third-order valence-corrected chi connectivity index (χ3v) is 6.34. The number of carbonyl (C=O) groups excluding carboxylic acids is 1. The largest absolute Gasteiger partial charge is 0.461 e. The summed E-state index contributed by atoms with van der Waals surface area (Å²) in [6.07, 6.45) is 1.57. The van der Waals surface area contributed by atoms with Crippen molar-refractivity contribution in [3.05, 3.63) is 83.9 Å². The Bertz CT molecular complexity index is 1240. The molecule has 9 heteroatoms. The lowest BCUT2D eigenvalue weighted by molar-refractivity contribution is 0.0302. The molecular formula is C24H21FN4O3S. The maximum Gasteiger partial charge on any atom is 0.254 e. The zero-order valence-corrected chi connectivity index (χ0v) is 18.5. The van der Waals surface area contributed by atoms with Crippen molar-refractivity contribution < 1.29 is 18.3 Å². The van der Waals surface area contributed by atoms with Crippen LogP contribution in [-0.2, 0) is 10.5 Å². The van der Waals surface area contributed by atoms with E-state index < -0.39 is 0 Å². The highest BCUT2D eigenvalue weighted by Gasteiger charge is 2.22. The van der Waals surface area contributed by atoms with Gasteiger partial charge in [-0.15, -0.1) is 10.2 Å². The van der Waals surface area contributed by atoms with Gasteiger partial charge in [0.2, 0.25) is 5.82 Å². The quantitative estimate of drug-likeness (QED) is 0.393. The molecule has 3 heterocycles. The minimum atomic E-state index is -0.323. The number of rotatable bonds is 6. The van der Waals surface area contributed by atoms with E-state index in [9.17, 15) is 9.18 Å². The summed E-state index contributed by atoms with van der Waals surface area (Å²) in [5, 5.41) is 9.29. The van der Waals surface area contributed by atoms with Crippen molar-refractivity contribution in [3.8, 4) is 17.3 Å². The number of benzene rings is 2. The summed E-state index contributed by atoms with van der Waals surface area (Å²) in [5.41, 5.74) is 2.30. The number of furan rings is 1. The highest BCUT2D eigenvalue weighted by Crippen LogP contribution is 2.31. The van der Waals surface area contributed by atoms with Crippen molar-refractivity contribution in [2.75, 3.05) is 26.3 Å². The van der Waals surface area contributed by atoms with E-state index in [0.29, 0.717) is 60.0 Å². The van der Waals surface area contributed by atoms with Crippen LogP contribution in [0.15, 0.2) is 76.5 Å². The Morgan fingerprint density at radius 2 is 1.79 bits per heavy atom. The number of amides is 1. The first-order valence-electron chi connectivity index (χ1n) is 10.5. The fourth-order valence-electron chi connectivity index (χ4n) is 3.69. The molecule has 1 aliphatic rings. The molecule has 0 saturated carbocycles. The van der Waals surface area contributed by atoms with Gasteiger partial charge in [-0.1, -0.05) is 30.0 Å². The molecule has 0 aliphatic carbocycles. The molecule has 1 amide bonds. The summed E-state index contributed by atoms with van der Waals surface area (Å²) in [4.78, 5) is 14.9. The van der Waals surface area contributed by atoms with Gasteiger partial charge in [0.05, 0.1) is 25.2 Å². The maximum absolute atomic E-state index is 13.5. The number of nitrogens with zero attached hydrogens (tertiary/aromatic N) is 4. The van der Waals surface area contributed by atoms with E-state index in [2.05, 4.69) is 10.2 Å². The summed E-state index contributed by atoms with van der Waals surface area (Å²) in [7, 11) is 0. The van der Waals surface area contributed by atoms with Gasteiger partial charge in [0, 0.05) is 24.4 Å². The zero-order valence-electron chi connectivity index (χ0n) is 17.7. The van der Waals surface area contributed by atoms with Crippen LogP contribution in [0.4, 0.5) is 4.39 Å². The molecule has 0 atom stereocenters. The Morgan fingerprint density at radius 1 is 1.00 bits per heavy atom. The third kappa shape index (κ3) is 4.55. The van der Waals surface area contributed by atoms with E-state index in [1.807, 2.05) is 33.7 Å². The Morgan fingerprint density at radius 3 is 2.55 bits per heavy atom. The molecule has 0 spiro atoms. The molecule has 1 aliphatic heterocycles. The Labute approximate surface area is 194 Å². The van der Waals surface area contributed by atoms with Gasteiger partial charge in [-0.2, -0.15) is 0 Å². The SMILES string of the molecule is O=C(c1ccccc1CSc1nnc(-c2ccco2)n1-c1ccc(F)cc1)N1CCOCC1. The lowest BCUT2D eigenvalue weighted by Gasteiger charge is -2.27. The van der Waals surface area contributed by atoms with Gasteiger partial charge in [-0.3, -0.25) is 9.36 Å². The minimum absolute atomic E-state index is 0.00535. The molecule has 5 rings (SSSR count).